The zero-order valence-electron chi connectivity index (χ0n) is 11.8. The topological polar surface area (TPSA) is 34.1 Å². The molecule has 0 saturated carbocycles. The van der Waals surface area contributed by atoms with Crippen molar-refractivity contribution < 1.29 is 8.42 Å². The number of rotatable bonds is 4. The smallest absolute Gasteiger partial charge is 0.163 e. The maximum Gasteiger partial charge on any atom is 0.163 e. The fourth-order valence-electron chi connectivity index (χ4n) is 2.16. The second-order valence-electron chi connectivity index (χ2n) is 5.09. The van der Waals surface area contributed by atoms with E-state index in [1.54, 1.807) is 44.2 Å². The Labute approximate surface area is 135 Å². The second kappa shape index (κ2) is 6.39. The molecule has 0 spiro atoms. The van der Waals surface area contributed by atoms with Crippen LogP contribution in [0.3, 0.4) is 0 Å². The summed E-state index contributed by atoms with van der Waals surface area (Å²) in [6.07, 6.45) is 0. The van der Waals surface area contributed by atoms with E-state index in [2.05, 4.69) is 0 Å². The van der Waals surface area contributed by atoms with Crippen LogP contribution in [-0.4, -0.2) is 13.7 Å². The lowest BCUT2D eigenvalue weighted by Gasteiger charge is -2.22. The summed E-state index contributed by atoms with van der Waals surface area (Å²) >= 11 is 12.1. The summed E-state index contributed by atoms with van der Waals surface area (Å²) in [4.78, 5) is 0. The number of hydrogen-bond acceptors (Lipinski definition) is 2. The van der Waals surface area contributed by atoms with Gasteiger partial charge in [0.25, 0.3) is 0 Å². The zero-order valence-corrected chi connectivity index (χ0v) is 14.1. The molecule has 0 amide bonds. The van der Waals surface area contributed by atoms with Crippen molar-refractivity contribution in [2.45, 2.75) is 24.3 Å². The van der Waals surface area contributed by atoms with Crippen molar-refractivity contribution >= 4 is 33.0 Å². The molecule has 0 saturated heterocycles. The molecule has 0 aliphatic heterocycles. The lowest BCUT2D eigenvalue weighted by Crippen LogP contribution is -2.23. The maximum absolute atomic E-state index is 12.8. The number of benzene rings is 2. The monoisotopic (exact) mass is 342 g/mol. The van der Waals surface area contributed by atoms with Gasteiger partial charge in [0, 0.05) is 10.0 Å². The van der Waals surface area contributed by atoms with Gasteiger partial charge in [0.05, 0.1) is 5.25 Å². The van der Waals surface area contributed by atoms with Gasteiger partial charge >= 0.3 is 0 Å². The molecule has 0 N–H and O–H groups in total. The summed E-state index contributed by atoms with van der Waals surface area (Å²) in [6.45, 7) is 3.35. The average molecular weight is 343 g/mol. The van der Waals surface area contributed by atoms with E-state index >= 15 is 0 Å². The van der Waals surface area contributed by atoms with Crippen molar-refractivity contribution in [1.29, 1.82) is 0 Å². The Hall–Kier alpha value is -1.03. The molecule has 21 heavy (non-hydrogen) atoms. The van der Waals surface area contributed by atoms with Crippen molar-refractivity contribution in [3.05, 3.63) is 69.7 Å². The quantitative estimate of drug-likeness (QED) is 0.791. The predicted molar refractivity (Wildman–Crippen MR) is 88.8 cm³/mol. The summed E-state index contributed by atoms with van der Waals surface area (Å²) in [7, 11) is -3.41. The molecule has 0 fully saturated rings. The minimum absolute atomic E-state index is 0.362. The molecule has 1 unspecified atom stereocenters. The highest BCUT2D eigenvalue weighted by Crippen LogP contribution is 2.37. The van der Waals surface area contributed by atoms with Crippen LogP contribution in [0.4, 0.5) is 0 Å². The SMILES string of the molecule is CC(C)S(=O)(=O)C(c1ccccc1)c1ccc(Cl)cc1Cl. The first kappa shape index (κ1) is 16.3. The summed E-state index contributed by atoms with van der Waals surface area (Å²) in [6, 6.07) is 14.0. The van der Waals surface area contributed by atoms with Crippen molar-refractivity contribution in [2.24, 2.45) is 0 Å². The van der Waals surface area contributed by atoms with Crippen LogP contribution in [0.25, 0.3) is 0 Å². The molecule has 0 aromatic heterocycles. The zero-order chi connectivity index (χ0) is 15.6. The molecular formula is C16H16Cl2O2S. The third-order valence-corrected chi connectivity index (χ3v) is 6.39. The van der Waals surface area contributed by atoms with E-state index in [1.807, 2.05) is 18.2 Å². The third-order valence-electron chi connectivity index (χ3n) is 3.33. The Morgan fingerprint density at radius 1 is 0.952 bits per heavy atom. The van der Waals surface area contributed by atoms with E-state index < -0.39 is 20.3 Å². The average Bonchev–Trinajstić information content (AvgIpc) is 2.42. The Bertz CT molecular complexity index is 725. The van der Waals surface area contributed by atoms with Gasteiger partial charge in [0.1, 0.15) is 5.25 Å². The Balaban J connectivity index is 2.68. The first-order chi connectivity index (χ1) is 9.84. The van der Waals surface area contributed by atoms with Crippen LogP contribution < -0.4 is 0 Å². The molecule has 2 rings (SSSR count). The molecule has 0 heterocycles. The highest BCUT2D eigenvalue weighted by molar-refractivity contribution is 7.92. The first-order valence-electron chi connectivity index (χ1n) is 6.56. The van der Waals surface area contributed by atoms with E-state index in [0.717, 1.165) is 0 Å². The van der Waals surface area contributed by atoms with Crippen molar-refractivity contribution in [2.75, 3.05) is 0 Å². The van der Waals surface area contributed by atoms with Gasteiger partial charge in [-0.05, 0) is 37.1 Å². The van der Waals surface area contributed by atoms with Crippen LogP contribution in [-0.2, 0) is 9.84 Å². The molecule has 2 aromatic carbocycles. The molecule has 0 aliphatic carbocycles. The lowest BCUT2D eigenvalue weighted by atomic mass is 10.0. The van der Waals surface area contributed by atoms with Crippen LogP contribution >= 0.6 is 23.2 Å². The maximum atomic E-state index is 12.8. The van der Waals surface area contributed by atoms with Gasteiger partial charge < -0.3 is 0 Å². The van der Waals surface area contributed by atoms with Crippen LogP contribution in [0.15, 0.2) is 48.5 Å². The summed E-state index contributed by atoms with van der Waals surface area (Å²) in [5.74, 6) is 0. The molecule has 1 atom stereocenters. The molecule has 0 bridgehead atoms. The van der Waals surface area contributed by atoms with Crippen molar-refractivity contribution in [3.8, 4) is 0 Å². The molecule has 2 aromatic rings. The fourth-order valence-corrected chi connectivity index (χ4v) is 4.38. The molecule has 112 valence electrons. The van der Waals surface area contributed by atoms with Crippen molar-refractivity contribution in [3.63, 3.8) is 0 Å². The minimum Gasteiger partial charge on any atom is -0.228 e. The van der Waals surface area contributed by atoms with E-state index in [4.69, 9.17) is 23.2 Å². The van der Waals surface area contributed by atoms with Gasteiger partial charge in [0.2, 0.25) is 0 Å². The Morgan fingerprint density at radius 2 is 1.57 bits per heavy atom. The molecule has 2 nitrogen and oxygen atoms in total. The second-order valence-corrected chi connectivity index (χ2v) is 8.53. The summed E-state index contributed by atoms with van der Waals surface area (Å²) < 4.78 is 25.6. The fraction of sp³-hybridized carbons (Fsp3) is 0.250. The molecule has 0 aliphatic rings. The number of sulfone groups is 1. The van der Waals surface area contributed by atoms with E-state index in [9.17, 15) is 8.42 Å². The van der Waals surface area contributed by atoms with Crippen LogP contribution in [0.2, 0.25) is 10.0 Å². The van der Waals surface area contributed by atoms with Gasteiger partial charge in [-0.3, -0.25) is 0 Å². The van der Waals surface area contributed by atoms with Gasteiger partial charge in [0.15, 0.2) is 9.84 Å². The standard InChI is InChI=1S/C16H16Cl2O2S/c1-11(2)21(19,20)16(12-6-4-3-5-7-12)14-9-8-13(17)10-15(14)18/h3-11,16H,1-2H3. The highest BCUT2D eigenvalue weighted by atomic mass is 35.5. The van der Waals surface area contributed by atoms with Crippen LogP contribution in [0, 0.1) is 0 Å². The largest absolute Gasteiger partial charge is 0.228 e. The lowest BCUT2D eigenvalue weighted by molar-refractivity contribution is 0.580. The predicted octanol–water partition coefficient (Wildman–Crippen LogP) is 4.91. The van der Waals surface area contributed by atoms with Crippen molar-refractivity contribution in [1.82, 2.24) is 0 Å². The van der Waals surface area contributed by atoms with E-state index in [0.29, 0.717) is 21.2 Å². The normalized spacial score (nSPS) is 13.4. The van der Waals surface area contributed by atoms with Crippen LogP contribution in [0.1, 0.15) is 30.2 Å². The van der Waals surface area contributed by atoms with E-state index in [1.165, 1.54) is 0 Å². The number of halogens is 2. The molecule has 0 radical (unpaired) electrons. The minimum atomic E-state index is -3.41. The first-order valence-corrected chi connectivity index (χ1v) is 8.93. The van der Waals surface area contributed by atoms with Gasteiger partial charge in [-0.1, -0.05) is 59.6 Å². The molecular weight excluding hydrogens is 327 g/mol. The number of hydrogen-bond donors (Lipinski definition) is 0. The highest BCUT2D eigenvalue weighted by Gasteiger charge is 2.33. The third kappa shape index (κ3) is 3.42. The Kier molecular flexibility index (Phi) is 4.97. The Morgan fingerprint density at radius 3 is 2.10 bits per heavy atom. The van der Waals surface area contributed by atoms with E-state index in [-0.39, 0.29) is 0 Å². The van der Waals surface area contributed by atoms with Crippen LogP contribution in [0.5, 0.6) is 0 Å². The summed E-state index contributed by atoms with van der Waals surface area (Å²) in [5.41, 5.74) is 1.26. The van der Waals surface area contributed by atoms with Gasteiger partial charge in [-0.25, -0.2) is 8.42 Å². The van der Waals surface area contributed by atoms with Gasteiger partial charge in [-0.2, -0.15) is 0 Å². The van der Waals surface area contributed by atoms with Gasteiger partial charge in [-0.15, -0.1) is 0 Å². The summed E-state index contributed by atoms with van der Waals surface area (Å²) in [5, 5.41) is -0.448. The molecule has 5 heteroatoms.